The van der Waals surface area contributed by atoms with Gasteiger partial charge in [0.2, 0.25) is 11.7 Å². The first kappa shape index (κ1) is 30.8. The molecule has 7 atom stereocenters. The highest BCUT2D eigenvalue weighted by Crippen LogP contribution is 2.57. The largest absolute Gasteiger partial charge is 0.492 e. The summed E-state index contributed by atoms with van der Waals surface area (Å²) in [6, 6.07) is -0.218. The van der Waals surface area contributed by atoms with Crippen molar-refractivity contribution in [3.8, 4) is 5.88 Å². The molecule has 18 nitrogen and oxygen atoms in total. The van der Waals surface area contributed by atoms with Crippen molar-refractivity contribution >= 4 is 72.0 Å². The average molecular weight is 699 g/mol. The van der Waals surface area contributed by atoms with Crippen LogP contribution in [0.25, 0.3) is 28.1 Å². The number of anilines is 1. The van der Waals surface area contributed by atoms with Crippen LogP contribution in [0.1, 0.15) is 31.5 Å². The Kier molecular flexibility index (Phi) is 8.07. The zero-order chi connectivity index (χ0) is 31.5. The van der Waals surface area contributed by atoms with Crippen molar-refractivity contribution in [2.75, 3.05) is 25.6 Å². The van der Waals surface area contributed by atoms with Crippen LogP contribution >= 0.6 is 38.1 Å². The summed E-state index contributed by atoms with van der Waals surface area (Å²) in [5.41, 5.74) is 7.78. The van der Waals surface area contributed by atoms with Crippen LogP contribution in [0.3, 0.4) is 0 Å². The molecule has 2 aliphatic rings. The number of ether oxygens (including phenoxy) is 1. The predicted octanol–water partition coefficient (Wildman–Crippen LogP) is 3.18. The molecule has 6 heterocycles. The summed E-state index contributed by atoms with van der Waals surface area (Å²) in [4.78, 5) is 34.6. The summed E-state index contributed by atoms with van der Waals surface area (Å²) in [5, 5.41) is 10.3. The monoisotopic (exact) mass is 698 g/mol. The molecule has 240 valence electrons. The first-order valence-corrected chi connectivity index (χ1v) is 19.2. The van der Waals surface area contributed by atoms with Crippen molar-refractivity contribution in [3.05, 3.63) is 31.4 Å². The molecule has 5 aromatic heterocycles. The second-order valence-electron chi connectivity index (χ2n) is 10.8. The molecule has 1 saturated carbocycles. The Balaban J connectivity index is 0.998. The lowest BCUT2D eigenvalue weighted by Gasteiger charge is -2.45. The minimum absolute atomic E-state index is 0.0481. The van der Waals surface area contributed by atoms with Gasteiger partial charge in [-0.25, -0.2) is 34.0 Å². The number of nitrogens with two attached hydrogens (primary N) is 1. The van der Waals surface area contributed by atoms with E-state index in [1.54, 1.807) is 34.0 Å². The van der Waals surface area contributed by atoms with E-state index in [0.717, 1.165) is 0 Å². The van der Waals surface area contributed by atoms with Gasteiger partial charge in [-0.2, -0.15) is 4.98 Å². The smallest absolute Gasteiger partial charge is 0.386 e. The molecule has 1 saturated heterocycles. The van der Waals surface area contributed by atoms with Crippen LogP contribution in [0.4, 0.5) is 5.82 Å². The number of aromatic nitrogens is 9. The van der Waals surface area contributed by atoms with Gasteiger partial charge in [-0.05, 0) is 25.2 Å². The Hall–Kier alpha value is -2.80. The van der Waals surface area contributed by atoms with E-state index in [9.17, 15) is 19.1 Å². The molecule has 1 aliphatic heterocycles. The summed E-state index contributed by atoms with van der Waals surface area (Å²) in [7, 11) is 0. The van der Waals surface area contributed by atoms with Crippen molar-refractivity contribution < 1.29 is 37.4 Å². The fourth-order valence-corrected chi connectivity index (χ4v) is 7.68. The van der Waals surface area contributed by atoms with Gasteiger partial charge in [0.05, 0.1) is 38.6 Å². The number of hydrogen-bond acceptors (Lipinski definition) is 14. The fourth-order valence-electron chi connectivity index (χ4n) is 5.90. The van der Waals surface area contributed by atoms with Crippen molar-refractivity contribution in [3.63, 3.8) is 0 Å². The molecule has 4 N–H and O–H groups in total. The van der Waals surface area contributed by atoms with Crippen LogP contribution in [-0.2, 0) is 27.4 Å². The minimum Gasteiger partial charge on any atom is -0.492 e. The summed E-state index contributed by atoms with van der Waals surface area (Å²) < 4.78 is 52.8. The zero-order valence-electron chi connectivity index (χ0n) is 23.3. The summed E-state index contributed by atoms with van der Waals surface area (Å²) in [5.74, 6) is -0.225. The van der Waals surface area contributed by atoms with Gasteiger partial charge in [0.1, 0.15) is 18.1 Å². The van der Waals surface area contributed by atoms with Gasteiger partial charge in [0.25, 0.3) is 0 Å². The van der Waals surface area contributed by atoms with E-state index in [4.69, 9.17) is 24.0 Å². The second-order valence-corrected chi connectivity index (χ2v) is 16.5. The Morgan fingerprint density at radius 1 is 1.00 bits per heavy atom. The third-order valence-electron chi connectivity index (χ3n) is 8.13. The maximum atomic E-state index is 13.2. The molecule has 5 aromatic rings. The van der Waals surface area contributed by atoms with E-state index in [1.165, 1.54) is 6.33 Å². The lowest BCUT2D eigenvalue weighted by molar-refractivity contribution is -0.0219. The summed E-state index contributed by atoms with van der Waals surface area (Å²) in [6.45, 7) is -8.04. The highest BCUT2D eigenvalue weighted by molar-refractivity contribution is 8.44. The molecule has 2 unspecified atom stereocenters. The van der Waals surface area contributed by atoms with Crippen molar-refractivity contribution in [1.29, 1.82) is 0 Å². The first-order valence-electron chi connectivity index (χ1n) is 13.8. The number of rotatable bonds is 11. The number of nitrogen functional groups attached to an aromatic ring is 1. The fraction of sp³-hybridized carbons (Fsp3) is 0.478. The van der Waals surface area contributed by atoms with Crippen molar-refractivity contribution in [1.82, 2.24) is 43.4 Å². The Morgan fingerprint density at radius 3 is 2.60 bits per heavy atom. The third kappa shape index (κ3) is 6.06. The van der Waals surface area contributed by atoms with Gasteiger partial charge in [-0.1, -0.05) is 24.5 Å². The first-order chi connectivity index (χ1) is 21.5. The quantitative estimate of drug-likeness (QED) is 0.0985. The average Bonchev–Trinajstić information content (AvgIpc) is 3.77. The normalized spacial score (nSPS) is 26.3. The van der Waals surface area contributed by atoms with E-state index in [-0.39, 0.29) is 49.4 Å². The van der Waals surface area contributed by atoms with E-state index in [1.807, 2.05) is 4.57 Å². The lowest BCUT2D eigenvalue weighted by Crippen LogP contribution is -2.43. The van der Waals surface area contributed by atoms with Gasteiger partial charge in [-0.15, -0.1) is 0 Å². The topological polar surface area (TPSA) is 229 Å². The molecule has 0 amide bonds. The molecule has 0 aromatic carbocycles. The van der Waals surface area contributed by atoms with E-state index < -0.39 is 25.9 Å². The van der Waals surface area contributed by atoms with Gasteiger partial charge < -0.3 is 34.1 Å². The number of nitrogens with zero attached hydrogens (tertiary/aromatic N) is 9. The molecule has 22 heteroatoms. The van der Waals surface area contributed by atoms with E-state index >= 15 is 0 Å². The van der Waals surface area contributed by atoms with Gasteiger partial charge in [0.15, 0.2) is 22.6 Å². The highest BCUT2D eigenvalue weighted by atomic mass is 32.7. The zero-order valence-corrected chi connectivity index (χ0v) is 26.8. The predicted molar refractivity (Wildman–Crippen MR) is 165 cm³/mol. The SMILES string of the molecule is Nc1ncnc2c1ncn2[C@@H]1C[C@H](COP(=O)(O)S)[C@H]1COP(=O)(S)OC[C@@H]1CC[C@H](n2cnc3c(O)nc4nccn4c32)O1. The molecule has 2 fully saturated rings. The van der Waals surface area contributed by atoms with Crippen LogP contribution < -0.4 is 5.73 Å². The van der Waals surface area contributed by atoms with E-state index in [2.05, 4.69) is 54.4 Å². The minimum atomic E-state index is -4.01. The molecule has 1 aliphatic carbocycles. The lowest BCUT2D eigenvalue weighted by atomic mass is 9.70. The molecule has 0 bridgehead atoms. The number of aromatic hydroxyl groups is 1. The maximum Gasteiger partial charge on any atom is 0.386 e. The van der Waals surface area contributed by atoms with Crippen molar-refractivity contribution in [2.24, 2.45) is 11.8 Å². The van der Waals surface area contributed by atoms with Crippen LogP contribution in [0, 0.1) is 11.8 Å². The van der Waals surface area contributed by atoms with Crippen LogP contribution in [0.5, 0.6) is 5.88 Å². The van der Waals surface area contributed by atoms with E-state index in [0.29, 0.717) is 47.4 Å². The van der Waals surface area contributed by atoms with Gasteiger partial charge in [-0.3, -0.25) is 13.5 Å². The molecule has 0 radical (unpaired) electrons. The van der Waals surface area contributed by atoms with Gasteiger partial charge in [0, 0.05) is 24.4 Å². The third-order valence-corrected chi connectivity index (χ3v) is 10.6. The number of thiol groups is 2. The van der Waals surface area contributed by atoms with Crippen LogP contribution in [0.15, 0.2) is 31.4 Å². The van der Waals surface area contributed by atoms with Gasteiger partial charge >= 0.3 is 13.6 Å². The summed E-state index contributed by atoms with van der Waals surface area (Å²) in [6.07, 6.45) is 8.67. The standard InChI is InChI=1S/C23H28N10O8P2S2/c24-19-17-20(27-9-26-19)32(10-28-17)15-5-12(6-38-42(35,36)44)14(15)8-40-43(37,45)39-7-13-1-2-16(41-13)33-11-29-18-21(34)30-23-25-3-4-31(23)22(18)33/h3-4,9-16H,1-2,5-8H2,(H,37,45)(H2,24,26,27)(H,25,30,34)(H2,35,36,44)/t12-,13+,14-,15-,16-,43?/m1/s1. The van der Waals surface area contributed by atoms with Crippen LogP contribution in [0.2, 0.25) is 0 Å². The van der Waals surface area contributed by atoms with Crippen molar-refractivity contribution in [2.45, 2.75) is 37.6 Å². The summed E-state index contributed by atoms with van der Waals surface area (Å²) >= 11 is 7.78. The molecular formula is C23H28N10O8P2S2. The number of fused-ring (bicyclic) bond motifs is 4. The Morgan fingerprint density at radius 2 is 1.78 bits per heavy atom. The molecular weight excluding hydrogens is 670 g/mol. The molecule has 45 heavy (non-hydrogen) atoms. The highest BCUT2D eigenvalue weighted by Gasteiger charge is 2.45. The molecule has 0 spiro atoms. The number of hydrogen-bond donors (Lipinski definition) is 5. The Bertz CT molecular complexity index is 1980. The van der Waals surface area contributed by atoms with Crippen LogP contribution in [-0.4, -0.2) is 79.4 Å². The Labute approximate surface area is 264 Å². The maximum absolute atomic E-state index is 13.2. The second kappa shape index (κ2) is 11.8. The molecule has 7 rings (SSSR count). The number of imidazole rings is 3.